The van der Waals surface area contributed by atoms with Gasteiger partial charge in [0.25, 0.3) is 0 Å². The Morgan fingerprint density at radius 2 is 1.79 bits per heavy atom. The second-order valence-electron chi connectivity index (χ2n) is 10.1. The Morgan fingerprint density at radius 3 is 2.50 bits per heavy atom. The van der Waals surface area contributed by atoms with Crippen molar-refractivity contribution in [3.63, 3.8) is 0 Å². The fraction of sp³-hybridized carbons (Fsp3) is 0.950. The lowest BCUT2D eigenvalue weighted by atomic mass is 9.37. The van der Waals surface area contributed by atoms with Gasteiger partial charge in [0.2, 0.25) is 0 Å². The van der Waals surface area contributed by atoms with E-state index >= 15 is 0 Å². The monoisotopic (exact) mass is 334 g/mol. The highest BCUT2D eigenvalue weighted by atomic mass is 16.5. The zero-order valence-corrected chi connectivity index (χ0v) is 14.9. The molecule has 5 fully saturated rings. The van der Waals surface area contributed by atoms with Gasteiger partial charge in [-0.3, -0.25) is 4.79 Å². The quantitative estimate of drug-likeness (QED) is 0.771. The number of hydrogen-bond acceptors (Lipinski definition) is 3. The molecule has 5 rings (SSSR count). The maximum Gasteiger partial charge on any atom is 0.309 e. The first-order chi connectivity index (χ1) is 11.2. The van der Waals surface area contributed by atoms with Gasteiger partial charge in [0, 0.05) is 11.8 Å². The largest absolute Gasteiger partial charge is 0.481 e. The van der Waals surface area contributed by atoms with Crippen LogP contribution in [0.4, 0.5) is 0 Å². The number of aliphatic carboxylic acids is 1. The highest BCUT2D eigenvalue weighted by molar-refractivity contribution is 5.75. The van der Waals surface area contributed by atoms with Gasteiger partial charge in [0.05, 0.1) is 23.2 Å². The Morgan fingerprint density at radius 1 is 1.04 bits per heavy atom. The van der Waals surface area contributed by atoms with Crippen LogP contribution in [0, 0.1) is 28.1 Å². The molecule has 2 saturated heterocycles. The fourth-order valence-corrected chi connectivity index (χ4v) is 8.47. The van der Waals surface area contributed by atoms with Crippen LogP contribution >= 0.6 is 0 Å². The Labute approximate surface area is 144 Å². The van der Waals surface area contributed by atoms with E-state index in [2.05, 4.69) is 6.92 Å². The van der Waals surface area contributed by atoms with Gasteiger partial charge in [-0.1, -0.05) is 13.3 Å². The van der Waals surface area contributed by atoms with Crippen LogP contribution in [0.2, 0.25) is 0 Å². The third-order valence-corrected chi connectivity index (χ3v) is 9.25. The van der Waals surface area contributed by atoms with Crippen LogP contribution in [0.3, 0.4) is 0 Å². The summed E-state index contributed by atoms with van der Waals surface area (Å²) in [5, 5.41) is 21.1. The molecule has 0 aromatic heterocycles. The summed E-state index contributed by atoms with van der Waals surface area (Å²) in [5.74, 6) is 0.168. The predicted molar refractivity (Wildman–Crippen MR) is 88.4 cm³/mol. The number of carboxylic acid groups (broad SMARTS) is 1. The van der Waals surface area contributed by atoms with Crippen molar-refractivity contribution in [2.45, 2.75) is 89.4 Å². The number of fused-ring (bicyclic) bond motifs is 3. The average molecular weight is 334 g/mol. The Balaban J connectivity index is 1.58. The van der Waals surface area contributed by atoms with E-state index < -0.39 is 17.0 Å². The van der Waals surface area contributed by atoms with Gasteiger partial charge in [-0.25, -0.2) is 0 Å². The molecular formula is C20H30O4. The highest BCUT2D eigenvalue weighted by Gasteiger charge is 2.73. The average Bonchev–Trinajstić information content (AvgIpc) is 3.01. The normalized spacial score (nSPS) is 61.3. The van der Waals surface area contributed by atoms with Crippen LogP contribution in [-0.4, -0.2) is 34.0 Å². The first kappa shape index (κ1) is 15.6. The van der Waals surface area contributed by atoms with Gasteiger partial charge in [0.1, 0.15) is 0 Å². The predicted octanol–water partition coefficient (Wildman–Crippen LogP) is 3.37. The van der Waals surface area contributed by atoms with E-state index in [-0.39, 0.29) is 29.0 Å². The zero-order valence-electron chi connectivity index (χ0n) is 14.9. The second kappa shape index (κ2) is 4.37. The summed E-state index contributed by atoms with van der Waals surface area (Å²) in [6, 6.07) is 0. The molecule has 2 N–H and O–H groups in total. The van der Waals surface area contributed by atoms with Crippen molar-refractivity contribution in [2.24, 2.45) is 28.1 Å². The molecular weight excluding hydrogens is 304 g/mol. The molecule has 0 aromatic carbocycles. The molecule has 0 amide bonds. The van der Waals surface area contributed by atoms with Crippen molar-refractivity contribution in [3.05, 3.63) is 0 Å². The number of ether oxygens (including phenoxy) is 1. The minimum absolute atomic E-state index is 0.00420. The summed E-state index contributed by atoms with van der Waals surface area (Å²) in [4.78, 5) is 12.1. The first-order valence-corrected chi connectivity index (χ1v) is 9.86. The van der Waals surface area contributed by atoms with Gasteiger partial charge in [-0.15, -0.1) is 0 Å². The molecule has 3 aliphatic carbocycles. The summed E-state index contributed by atoms with van der Waals surface area (Å²) in [6.45, 7) is 4.37. The van der Waals surface area contributed by atoms with Crippen LogP contribution in [0.25, 0.3) is 0 Å². The van der Waals surface area contributed by atoms with Crippen LogP contribution in [0.15, 0.2) is 0 Å². The zero-order chi connectivity index (χ0) is 17.0. The number of aliphatic hydroxyl groups is 1. The molecule has 3 saturated carbocycles. The number of rotatable bonds is 1. The minimum atomic E-state index is -0.606. The van der Waals surface area contributed by atoms with Gasteiger partial charge in [0.15, 0.2) is 0 Å². The van der Waals surface area contributed by atoms with Crippen molar-refractivity contribution in [3.8, 4) is 0 Å². The standard InChI is InChI=1S/C20H30O4/c1-17-6-3-7-18(2,16(21)22)13(17)4-8-19-10-12-11-20(23,15(19)24-12)9-5-14(17)19/h12-15,23H,3-11H2,1-2H3,(H,21,22)/t12-,13-,14-,15+,17+,18+,19+,20-/m0/s1. The Hall–Kier alpha value is -0.610. The third-order valence-electron chi connectivity index (χ3n) is 9.25. The van der Waals surface area contributed by atoms with Crippen LogP contribution in [-0.2, 0) is 9.53 Å². The molecule has 4 heteroatoms. The molecule has 1 spiro atoms. The van der Waals surface area contributed by atoms with Crippen LogP contribution < -0.4 is 0 Å². The van der Waals surface area contributed by atoms with E-state index in [9.17, 15) is 15.0 Å². The molecule has 0 unspecified atom stereocenters. The molecule has 4 nitrogen and oxygen atoms in total. The molecule has 134 valence electrons. The van der Waals surface area contributed by atoms with Crippen molar-refractivity contribution in [1.29, 1.82) is 0 Å². The van der Waals surface area contributed by atoms with E-state index in [4.69, 9.17) is 4.74 Å². The Kier molecular flexibility index (Phi) is 2.85. The lowest BCUT2D eigenvalue weighted by Gasteiger charge is -2.66. The lowest BCUT2D eigenvalue weighted by Crippen LogP contribution is -2.66. The molecule has 24 heavy (non-hydrogen) atoms. The molecule has 5 aliphatic rings. The van der Waals surface area contributed by atoms with E-state index in [1.54, 1.807) is 0 Å². The fourth-order valence-electron chi connectivity index (χ4n) is 8.47. The van der Waals surface area contributed by atoms with Gasteiger partial charge < -0.3 is 14.9 Å². The highest BCUT2D eigenvalue weighted by Crippen LogP contribution is 2.73. The summed E-state index contributed by atoms with van der Waals surface area (Å²) in [7, 11) is 0. The van der Waals surface area contributed by atoms with E-state index in [0.29, 0.717) is 5.92 Å². The Bertz CT molecular complexity index is 604. The number of carboxylic acids is 1. The molecule has 2 aliphatic heterocycles. The van der Waals surface area contributed by atoms with Crippen molar-refractivity contribution in [1.82, 2.24) is 0 Å². The maximum absolute atomic E-state index is 12.1. The molecule has 8 atom stereocenters. The van der Waals surface area contributed by atoms with Crippen LogP contribution in [0.5, 0.6) is 0 Å². The molecule has 0 radical (unpaired) electrons. The smallest absolute Gasteiger partial charge is 0.309 e. The van der Waals surface area contributed by atoms with Crippen molar-refractivity contribution < 1.29 is 19.7 Å². The van der Waals surface area contributed by atoms with Gasteiger partial charge in [-0.2, -0.15) is 0 Å². The summed E-state index contributed by atoms with van der Waals surface area (Å²) >= 11 is 0. The maximum atomic E-state index is 12.1. The van der Waals surface area contributed by atoms with Crippen LogP contribution in [0.1, 0.15) is 71.6 Å². The number of carbonyl (C=O) groups is 1. The van der Waals surface area contributed by atoms with E-state index in [1.807, 2.05) is 6.92 Å². The van der Waals surface area contributed by atoms with Crippen molar-refractivity contribution in [2.75, 3.05) is 0 Å². The lowest BCUT2D eigenvalue weighted by molar-refractivity contribution is -0.220. The molecule has 2 bridgehead atoms. The second-order valence-corrected chi connectivity index (χ2v) is 10.1. The minimum Gasteiger partial charge on any atom is -0.481 e. The summed E-state index contributed by atoms with van der Waals surface area (Å²) in [5.41, 5.74) is -0.995. The van der Waals surface area contributed by atoms with Crippen molar-refractivity contribution >= 4 is 5.97 Å². The molecule has 0 aromatic rings. The van der Waals surface area contributed by atoms with Gasteiger partial charge >= 0.3 is 5.97 Å². The number of hydrogen-bond donors (Lipinski definition) is 2. The SMILES string of the molecule is C[C@@]12CCC[C@@](C)(C(=O)O)[C@H]1CC[C@@]13C[C@H]4C[C@@](O)(CC[C@@H]21)[C@@H]3O4. The van der Waals surface area contributed by atoms with E-state index in [0.717, 1.165) is 57.8 Å². The van der Waals surface area contributed by atoms with E-state index in [1.165, 1.54) is 0 Å². The summed E-state index contributed by atoms with van der Waals surface area (Å²) < 4.78 is 6.26. The molecule has 2 heterocycles. The first-order valence-electron chi connectivity index (χ1n) is 9.86. The third kappa shape index (κ3) is 1.56. The summed E-state index contributed by atoms with van der Waals surface area (Å²) in [6.07, 6.45) is 9.04. The van der Waals surface area contributed by atoms with Gasteiger partial charge in [-0.05, 0) is 69.1 Å². The topological polar surface area (TPSA) is 66.8 Å².